The minimum Gasteiger partial charge on any atom is -0.353 e. The topological polar surface area (TPSA) is 85.7 Å². The molecule has 5 heterocycles. The molecule has 0 aliphatic carbocycles. The van der Waals surface area contributed by atoms with Crippen LogP contribution in [0.1, 0.15) is 70.1 Å². The van der Waals surface area contributed by atoms with Crippen molar-refractivity contribution in [1.29, 1.82) is 0 Å². The van der Waals surface area contributed by atoms with Crippen LogP contribution < -0.4 is 4.90 Å². The predicted octanol–water partition coefficient (Wildman–Crippen LogP) is 5.13. The van der Waals surface area contributed by atoms with Gasteiger partial charge in [0.15, 0.2) is 5.65 Å². The first-order valence-corrected chi connectivity index (χ1v) is 14.2. The van der Waals surface area contributed by atoms with Crippen molar-refractivity contribution in [1.82, 2.24) is 34.4 Å². The van der Waals surface area contributed by atoms with Crippen LogP contribution in [-0.2, 0) is 4.79 Å². The lowest BCUT2D eigenvalue weighted by atomic mass is 9.95. The van der Waals surface area contributed by atoms with Crippen molar-refractivity contribution >= 4 is 28.4 Å². The zero-order valence-corrected chi connectivity index (χ0v) is 24.6. The molecule has 4 aromatic rings. The Labute approximate surface area is 231 Å². The molecule has 39 heavy (non-hydrogen) atoms. The molecule has 1 atom stereocenters. The second-order valence-corrected chi connectivity index (χ2v) is 11.6. The average molecular weight is 531 g/mol. The first kappa shape index (κ1) is 27.1. The molecule has 1 N–H and O–H groups in total. The number of nitrogens with one attached hydrogen (secondary N) is 1. The fraction of sp³-hybridized carbons (Fsp3) is 0.533. The van der Waals surface area contributed by atoms with Gasteiger partial charge < -0.3 is 14.8 Å². The number of hydrogen-bond acceptors (Lipinski definition) is 6. The molecule has 0 spiro atoms. The van der Waals surface area contributed by atoms with Crippen LogP contribution in [0.2, 0.25) is 0 Å². The molecule has 9 heteroatoms. The van der Waals surface area contributed by atoms with Crippen LogP contribution in [0, 0.1) is 13.8 Å². The summed E-state index contributed by atoms with van der Waals surface area (Å²) in [6.45, 7) is 16.9. The molecule has 1 aliphatic heterocycles. The molecule has 5 rings (SSSR count). The highest BCUT2D eigenvalue weighted by molar-refractivity contribution is 5.90. The van der Waals surface area contributed by atoms with Crippen LogP contribution in [0.25, 0.3) is 27.9 Å². The van der Waals surface area contributed by atoms with E-state index in [4.69, 9.17) is 4.98 Å². The molecule has 0 radical (unpaired) electrons. The molecule has 0 saturated carbocycles. The lowest BCUT2D eigenvalue weighted by Crippen LogP contribution is -2.41. The van der Waals surface area contributed by atoms with Gasteiger partial charge in [-0.3, -0.25) is 9.69 Å². The molecule has 0 bridgehead atoms. The number of anilines is 1. The van der Waals surface area contributed by atoms with Crippen LogP contribution in [-0.4, -0.2) is 79.2 Å². The number of fused-ring (bicyclic) bond motifs is 2. The first-order chi connectivity index (χ1) is 18.6. The average Bonchev–Trinajstić information content (AvgIpc) is 3.62. The minimum atomic E-state index is 0.178. The van der Waals surface area contributed by atoms with Crippen molar-refractivity contribution in [2.24, 2.45) is 0 Å². The molecule has 1 amide bonds. The highest BCUT2D eigenvalue weighted by Crippen LogP contribution is 2.38. The number of H-pyrrole nitrogens is 1. The van der Waals surface area contributed by atoms with Gasteiger partial charge >= 0.3 is 0 Å². The predicted molar refractivity (Wildman–Crippen MR) is 157 cm³/mol. The maximum Gasteiger partial charge on any atom is 0.238 e. The van der Waals surface area contributed by atoms with Gasteiger partial charge in [0, 0.05) is 36.0 Å². The molecule has 208 valence electrons. The largest absolute Gasteiger partial charge is 0.353 e. The quantitative estimate of drug-likeness (QED) is 0.340. The number of aromatic nitrogens is 5. The summed E-state index contributed by atoms with van der Waals surface area (Å²) in [5.74, 6) is 1.37. The van der Waals surface area contributed by atoms with Crippen LogP contribution in [0.5, 0.6) is 0 Å². The number of carbonyl (C=O) groups is 1. The Bertz CT molecular complexity index is 1500. The Hall–Kier alpha value is -3.46. The number of aryl methyl sites for hydroxylation is 1. The van der Waals surface area contributed by atoms with E-state index in [0.717, 1.165) is 58.7 Å². The van der Waals surface area contributed by atoms with Gasteiger partial charge in [-0.15, -0.1) is 0 Å². The van der Waals surface area contributed by atoms with E-state index in [1.54, 1.807) is 6.33 Å². The highest BCUT2D eigenvalue weighted by Gasteiger charge is 2.34. The van der Waals surface area contributed by atoms with Crippen LogP contribution in [0.4, 0.5) is 5.82 Å². The number of carbonyl (C=O) groups excluding carboxylic acids is 1. The van der Waals surface area contributed by atoms with Crippen LogP contribution in [0.15, 0.2) is 24.7 Å². The van der Waals surface area contributed by atoms with Gasteiger partial charge in [0.2, 0.25) is 5.91 Å². The summed E-state index contributed by atoms with van der Waals surface area (Å²) in [4.78, 5) is 32.9. The summed E-state index contributed by atoms with van der Waals surface area (Å²) < 4.78 is 1.86. The standard InChI is InChI=1S/C30H42N8O/c1-9-10-22-13-36(26(39)15-35(8)19(4)5)17-37(22)25-12-11-24-29(34-25)27(18(2)3)28(33-24)23-14-38-30(31-16-32-38)21(7)20(23)6/h11-12,14,16,18-19,22,33H,9-10,13,15,17H2,1-8H3/t22-/m0/s1. The van der Waals surface area contributed by atoms with E-state index in [9.17, 15) is 4.79 Å². The zero-order valence-electron chi connectivity index (χ0n) is 24.6. The van der Waals surface area contributed by atoms with Gasteiger partial charge in [-0.05, 0) is 70.3 Å². The molecular formula is C30H42N8O. The molecule has 4 aromatic heterocycles. The van der Waals surface area contributed by atoms with Gasteiger partial charge in [-0.25, -0.2) is 14.5 Å². The number of pyridine rings is 2. The maximum atomic E-state index is 13.2. The van der Waals surface area contributed by atoms with Gasteiger partial charge in [0.05, 0.1) is 29.9 Å². The van der Waals surface area contributed by atoms with Crippen molar-refractivity contribution in [3.63, 3.8) is 0 Å². The lowest BCUT2D eigenvalue weighted by Gasteiger charge is -2.25. The Morgan fingerprint density at radius 3 is 2.64 bits per heavy atom. The smallest absolute Gasteiger partial charge is 0.238 e. The van der Waals surface area contributed by atoms with E-state index in [0.29, 0.717) is 19.3 Å². The summed E-state index contributed by atoms with van der Waals surface area (Å²) in [6, 6.07) is 4.83. The molecule has 0 aromatic carbocycles. The fourth-order valence-electron chi connectivity index (χ4n) is 5.69. The third kappa shape index (κ3) is 4.88. The minimum absolute atomic E-state index is 0.178. The number of hydrogen-bond donors (Lipinski definition) is 1. The number of amides is 1. The molecule has 1 saturated heterocycles. The van der Waals surface area contributed by atoms with Crippen molar-refractivity contribution in [2.75, 3.05) is 31.7 Å². The van der Waals surface area contributed by atoms with Gasteiger partial charge in [0.25, 0.3) is 0 Å². The Balaban J connectivity index is 1.54. The molecular weight excluding hydrogens is 488 g/mol. The number of likely N-dealkylation sites (N-methyl/N-ethyl adjacent to an activating group) is 1. The Morgan fingerprint density at radius 2 is 1.95 bits per heavy atom. The number of rotatable bonds is 8. The van der Waals surface area contributed by atoms with E-state index in [1.165, 1.54) is 11.1 Å². The highest BCUT2D eigenvalue weighted by atomic mass is 16.2. The Kier molecular flexibility index (Phi) is 7.37. The molecule has 9 nitrogen and oxygen atoms in total. The van der Waals surface area contributed by atoms with E-state index in [-0.39, 0.29) is 17.9 Å². The molecule has 0 unspecified atom stereocenters. The molecule has 1 fully saturated rings. The SMILES string of the molecule is CCC[C@H]1CN(C(=O)CN(C)C(C)C)CN1c1ccc2[nH]c(-c3cn4ncnc4c(C)c3C)c(C(C)C)c2n1. The van der Waals surface area contributed by atoms with Crippen LogP contribution >= 0.6 is 0 Å². The molecule has 1 aliphatic rings. The van der Waals surface area contributed by atoms with Gasteiger partial charge in [-0.1, -0.05) is 27.2 Å². The number of nitrogens with zero attached hydrogens (tertiary/aromatic N) is 7. The third-order valence-corrected chi connectivity index (χ3v) is 8.37. The van der Waals surface area contributed by atoms with Gasteiger partial charge in [0.1, 0.15) is 12.1 Å². The monoisotopic (exact) mass is 530 g/mol. The Morgan fingerprint density at radius 1 is 1.18 bits per heavy atom. The lowest BCUT2D eigenvalue weighted by molar-refractivity contribution is -0.131. The summed E-state index contributed by atoms with van der Waals surface area (Å²) in [6.07, 6.45) is 5.75. The zero-order chi connectivity index (χ0) is 28.0. The van der Waals surface area contributed by atoms with Gasteiger partial charge in [-0.2, -0.15) is 5.10 Å². The third-order valence-electron chi connectivity index (χ3n) is 8.37. The summed E-state index contributed by atoms with van der Waals surface area (Å²) in [7, 11) is 2.01. The fourth-order valence-corrected chi connectivity index (χ4v) is 5.69. The van der Waals surface area contributed by atoms with E-state index in [2.05, 4.69) is 91.7 Å². The van der Waals surface area contributed by atoms with Crippen molar-refractivity contribution < 1.29 is 4.79 Å². The van der Waals surface area contributed by atoms with Crippen molar-refractivity contribution in [3.8, 4) is 11.3 Å². The number of aromatic amines is 1. The van der Waals surface area contributed by atoms with Crippen LogP contribution in [0.3, 0.4) is 0 Å². The van der Waals surface area contributed by atoms with E-state index in [1.807, 2.05) is 16.5 Å². The maximum absolute atomic E-state index is 13.2. The second-order valence-electron chi connectivity index (χ2n) is 11.6. The van der Waals surface area contributed by atoms with Crippen molar-refractivity contribution in [2.45, 2.75) is 79.3 Å². The van der Waals surface area contributed by atoms with Crippen molar-refractivity contribution in [3.05, 3.63) is 41.3 Å². The summed E-state index contributed by atoms with van der Waals surface area (Å²) in [5, 5.41) is 4.41. The van der Waals surface area contributed by atoms with E-state index < -0.39 is 0 Å². The normalized spacial score (nSPS) is 16.2. The second kappa shape index (κ2) is 10.6. The summed E-state index contributed by atoms with van der Waals surface area (Å²) in [5.41, 5.74) is 8.61. The van der Waals surface area contributed by atoms with E-state index >= 15 is 0 Å². The summed E-state index contributed by atoms with van der Waals surface area (Å²) >= 11 is 0. The first-order valence-electron chi connectivity index (χ1n) is 14.2.